The molecule has 0 fully saturated rings. The fourth-order valence-corrected chi connectivity index (χ4v) is 1.33. The molecule has 0 saturated heterocycles. The third kappa shape index (κ3) is 1.90. The van der Waals surface area contributed by atoms with E-state index >= 15 is 0 Å². The highest BCUT2D eigenvalue weighted by molar-refractivity contribution is 9.10. The molecule has 1 rings (SSSR count). The van der Waals surface area contributed by atoms with Crippen LogP contribution in [0, 0.1) is 0 Å². The first kappa shape index (κ1) is 9.80. The molecule has 0 heterocycles. The third-order valence-corrected chi connectivity index (χ3v) is 2.60. The van der Waals surface area contributed by atoms with E-state index < -0.39 is 6.29 Å². The van der Waals surface area contributed by atoms with Crippen molar-refractivity contribution in [2.75, 3.05) is 5.73 Å². The lowest BCUT2D eigenvalue weighted by molar-refractivity contribution is -0.0418. The number of benzene rings is 1. The zero-order chi connectivity index (χ0) is 9.30. The number of aliphatic hydroxyl groups excluding tert-OH is 1. The second-order valence-corrected chi connectivity index (χ2v) is 3.53. The van der Waals surface area contributed by atoms with Gasteiger partial charge in [0.25, 0.3) is 0 Å². The highest BCUT2D eigenvalue weighted by atomic mass is 79.9. The molecule has 0 amide bonds. The van der Waals surface area contributed by atoms with Gasteiger partial charge >= 0.3 is 0 Å². The predicted molar refractivity (Wildman–Crippen MR) is 50.7 cm³/mol. The first-order valence-corrected chi connectivity index (χ1v) is 4.30. The summed E-state index contributed by atoms with van der Waals surface area (Å²) in [5.41, 5.74) is 5.99. The van der Waals surface area contributed by atoms with E-state index in [0.29, 0.717) is 15.2 Å². The Hall–Kier alpha value is -0.290. The van der Waals surface area contributed by atoms with E-state index in [1.54, 1.807) is 0 Å². The Morgan fingerprint density at radius 2 is 2.00 bits per heavy atom. The van der Waals surface area contributed by atoms with Gasteiger partial charge in [-0.25, -0.2) is 0 Å². The van der Waals surface area contributed by atoms with Crippen LogP contribution in [0.15, 0.2) is 16.6 Å². The Morgan fingerprint density at radius 3 is 2.50 bits per heavy atom. The molecule has 0 aliphatic heterocycles. The van der Waals surface area contributed by atoms with Crippen LogP contribution in [0.4, 0.5) is 5.69 Å². The fraction of sp³-hybridized carbons (Fsp3) is 0.143. The maximum atomic E-state index is 8.82. The molecule has 1 aromatic carbocycles. The normalized spacial score (nSPS) is 10.8. The summed E-state index contributed by atoms with van der Waals surface area (Å²) in [5, 5.41) is 18.0. The molecule has 0 radical (unpaired) electrons. The van der Waals surface area contributed by atoms with Gasteiger partial charge in [0.2, 0.25) is 0 Å². The molecule has 0 aliphatic rings. The van der Waals surface area contributed by atoms with Gasteiger partial charge < -0.3 is 15.9 Å². The maximum Gasteiger partial charge on any atom is 0.180 e. The standard InChI is InChI=1S/C7H7BrClNO2/c8-4-2-6(10)3(7(11)12)1-5(4)9/h1-2,7,11-12H,10H2. The lowest BCUT2D eigenvalue weighted by atomic mass is 10.2. The predicted octanol–water partition coefficient (Wildman–Crippen LogP) is 1.67. The van der Waals surface area contributed by atoms with Crippen molar-refractivity contribution in [3.8, 4) is 0 Å². The van der Waals surface area contributed by atoms with Crippen molar-refractivity contribution in [3.63, 3.8) is 0 Å². The van der Waals surface area contributed by atoms with Crippen molar-refractivity contribution in [3.05, 3.63) is 27.2 Å². The van der Waals surface area contributed by atoms with Crippen LogP contribution >= 0.6 is 27.5 Å². The Balaban J connectivity index is 3.23. The van der Waals surface area contributed by atoms with Crippen LogP contribution in [0.1, 0.15) is 11.9 Å². The monoisotopic (exact) mass is 251 g/mol. The second-order valence-electron chi connectivity index (χ2n) is 2.27. The summed E-state index contributed by atoms with van der Waals surface area (Å²) in [7, 11) is 0. The first-order chi connectivity index (χ1) is 5.52. The molecule has 1 aromatic rings. The van der Waals surface area contributed by atoms with E-state index in [0.717, 1.165) is 0 Å². The van der Waals surface area contributed by atoms with Gasteiger partial charge in [-0.05, 0) is 28.1 Å². The van der Waals surface area contributed by atoms with Gasteiger partial charge in [-0.2, -0.15) is 0 Å². The van der Waals surface area contributed by atoms with E-state index in [-0.39, 0.29) is 5.56 Å². The molecule has 4 N–H and O–H groups in total. The Morgan fingerprint density at radius 1 is 1.42 bits per heavy atom. The van der Waals surface area contributed by atoms with Crippen LogP contribution < -0.4 is 5.73 Å². The van der Waals surface area contributed by atoms with Gasteiger partial charge in [0.1, 0.15) is 0 Å². The zero-order valence-electron chi connectivity index (χ0n) is 5.96. The highest BCUT2D eigenvalue weighted by Crippen LogP contribution is 2.30. The number of anilines is 1. The van der Waals surface area contributed by atoms with Crippen molar-refractivity contribution in [1.29, 1.82) is 0 Å². The van der Waals surface area contributed by atoms with Crippen molar-refractivity contribution in [2.45, 2.75) is 6.29 Å². The number of nitrogen functional groups attached to an aromatic ring is 1. The fourth-order valence-electron chi connectivity index (χ4n) is 0.801. The van der Waals surface area contributed by atoms with Crippen molar-refractivity contribution >= 4 is 33.2 Å². The Labute approximate surface area is 82.9 Å². The quantitative estimate of drug-likeness (QED) is 0.526. The number of hydrogen-bond donors (Lipinski definition) is 3. The van der Waals surface area contributed by atoms with Crippen molar-refractivity contribution in [1.82, 2.24) is 0 Å². The lowest BCUT2D eigenvalue weighted by Gasteiger charge is -2.08. The SMILES string of the molecule is Nc1cc(Br)c(Cl)cc1C(O)O. The summed E-state index contributed by atoms with van der Waals surface area (Å²) in [6, 6.07) is 2.93. The molecule has 3 nitrogen and oxygen atoms in total. The number of aliphatic hydroxyl groups is 2. The van der Waals surface area contributed by atoms with E-state index in [1.807, 2.05) is 0 Å². The molecule has 0 saturated carbocycles. The lowest BCUT2D eigenvalue weighted by Crippen LogP contribution is -2.00. The molecule has 0 bridgehead atoms. The van der Waals surface area contributed by atoms with Gasteiger partial charge in [-0.3, -0.25) is 0 Å². The molecule has 66 valence electrons. The van der Waals surface area contributed by atoms with Crippen molar-refractivity contribution in [2.24, 2.45) is 0 Å². The van der Waals surface area contributed by atoms with Crippen LogP contribution in [0.3, 0.4) is 0 Å². The van der Waals surface area contributed by atoms with E-state index in [4.69, 9.17) is 27.5 Å². The van der Waals surface area contributed by atoms with E-state index in [9.17, 15) is 0 Å². The van der Waals surface area contributed by atoms with Gasteiger partial charge in [-0.15, -0.1) is 0 Å². The van der Waals surface area contributed by atoms with Gasteiger partial charge in [0, 0.05) is 15.7 Å². The second kappa shape index (κ2) is 3.62. The smallest absolute Gasteiger partial charge is 0.180 e. The Bertz CT molecular complexity index is 304. The molecular weight excluding hydrogens is 245 g/mol. The molecule has 0 aromatic heterocycles. The number of nitrogens with two attached hydrogens (primary N) is 1. The molecule has 0 atom stereocenters. The Kier molecular flexibility index (Phi) is 2.95. The minimum atomic E-state index is -1.59. The summed E-state index contributed by atoms with van der Waals surface area (Å²) in [6.45, 7) is 0. The summed E-state index contributed by atoms with van der Waals surface area (Å²) in [5.74, 6) is 0. The average molecular weight is 252 g/mol. The van der Waals surface area contributed by atoms with Crippen LogP contribution in [0.2, 0.25) is 5.02 Å². The number of halogens is 2. The molecule has 12 heavy (non-hydrogen) atoms. The minimum Gasteiger partial charge on any atom is -0.398 e. The van der Waals surface area contributed by atoms with Gasteiger partial charge in [0.05, 0.1) is 5.02 Å². The van der Waals surface area contributed by atoms with Crippen LogP contribution in [-0.4, -0.2) is 10.2 Å². The average Bonchev–Trinajstić information content (AvgIpc) is 1.96. The van der Waals surface area contributed by atoms with Crippen LogP contribution in [0.5, 0.6) is 0 Å². The molecule has 0 aliphatic carbocycles. The zero-order valence-corrected chi connectivity index (χ0v) is 8.30. The topological polar surface area (TPSA) is 66.5 Å². The summed E-state index contributed by atoms with van der Waals surface area (Å²) in [6.07, 6.45) is -1.59. The molecule has 0 spiro atoms. The van der Waals surface area contributed by atoms with Gasteiger partial charge in [-0.1, -0.05) is 11.6 Å². The largest absolute Gasteiger partial charge is 0.398 e. The van der Waals surface area contributed by atoms with E-state index in [2.05, 4.69) is 15.9 Å². The number of rotatable bonds is 1. The summed E-state index contributed by atoms with van der Waals surface area (Å²) in [4.78, 5) is 0. The summed E-state index contributed by atoms with van der Waals surface area (Å²) >= 11 is 8.86. The first-order valence-electron chi connectivity index (χ1n) is 3.13. The van der Waals surface area contributed by atoms with Crippen LogP contribution in [-0.2, 0) is 0 Å². The van der Waals surface area contributed by atoms with Crippen LogP contribution in [0.25, 0.3) is 0 Å². The molecule has 0 unspecified atom stereocenters. The van der Waals surface area contributed by atoms with Crippen molar-refractivity contribution < 1.29 is 10.2 Å². The highest BCUT2D eigenvalue weighted by Gasteiger charge is 2.09. The minimum absolute atomic E-state index is 0.211. The van der Waals surface area contributed by atoms with Gasteiger partial charge in [0.15, 0.2) is 6.29 Å². The molecular formula is C7H7BrClNO2. The third-order valence-electron chi connectivity index (χ3n) is 1.40. The molecule has 5 heteroatoms. The van der Waals surface area contributed by atoms with E-state index in [1.165, 1.54) is 12.1 Å². The summed E-state index contributed by atoms with van der Waals surface area (Å²) < 4.78 is 0.631. The number of hydrogen-bond acceptors (Lipinski definition) is 3. The maximum absolute atomic E-state index is 8.82.